The fraction of sp³-hybridized carbons (Fsp3) is 0.222. The number of aromatic nitrogens is 2. The summed E-state index contributed by atoms with van der Waals surface area (Å²) in [6.45, 7) is 4.67. The quantitative estimate of drug-likeness (QED) is 0.533. The van der Waals surface area contributed by atoms with E-state index < -0.39 is 5.97 Å². The fourth-order valence-electron chi connectivity index (χ4n) is 2.23. The molecule has 0 radical (unpaired) electrons. The van der Waals surface area contributed by atoms with E-state index in [1.165, 1.54) is 0 Å². The standard InChI is InChI=1S/C18H18N2O3/c1-3-11-22-14-7-9-15(10-8-14)23-18(21)16-12-20-13(2)5-4-6-17(20)19-16/h4-10,12H,3,11H2,1-2H3. The maximum atomic E-state index is 12.2. The van der Waals surface area contributed by atoms with Crippen molar-refractivity contribution in [3.05, 3.63) is 60.0 Å². The van der Waals surface area contributed by atoms with Crippen molar-refractivity contribution >= 4 is 11.6 Å². The largest absolute Gasteiger partial charge is 0.494 e. The lowest BCUT2D eigenvalue weighted by molar-refractivity contribution is 0.0729. The number of hydrogen-bond donors (Lipinski definition) is 0. The Morgan fingerprint density at radius 2 is 1.87 bits per heavy atom. The van der Waals surface area contributed by atoms with E-state index in [2.05, 4.69) is 4.98 Å². The second-order valence-corrected chi connectivity index (χ2v) is 5.23. The van der Waals surface area contributed by atoms with Crippen molar-refractivity contribution in [2.75, 3.05) is 6.61 Å². The van der Waals surface area contributed by atoms with E-state index in [-0.39, 0.29) is 5.69 Å². The number of ether oxygens (including phenoxy) is 2. The van der Waals surface area contributed by atoms with Crippen LogP contribution in [0.4, 0.5) is 0 Å². The lowest BCUT2D eigenvalue weighted by atomic mass is 10.3. The van der Waals surface area contributed by atoms with Gasteiger partial charge in [-0.2, -0.15) is 0 Å². The Hall–Kier alpha value is -2.82. The Morgan fingerprint density at radius 3 is 2.57 bits per heavy atom. The second kappa shape index (κ2) is 6.52. The van der Waals surface area contributed by atoms with Crippen molar-refractivity contribution < 1.29 is 14.3 Å². The highest BCUT2D eigenvalue weighted by atomic mass is 16.5. The minimum atomic E-state index is -0.477. The Kier molecular flexibility index (Phi) is 4.28. The molecule has 0 saturated carbocycles. The van der Waals surface area contributed by atoms with Crippen LogP contribution in [0, 0.1) is 6.92 Å². The number of carbonyl (C=O) groups excluding carboxylic acids is 1. The van der Waals surface area contributed by atoms with E-state index in [4.69, 9.17) is 9.47 Å². The lowest BCUT2D eigenvalue weighted by Gasteiger charge is -2.06. The minimum Gasteiger partial charge on any atom is -0.494 e. The second-order valence-electron chi connectivity index (χ2n) is 5.23. The summed E-state index contributed by atoms with van der Waals surface area (Å²) in [6, 6.07) is 12.7. The first-order chi connectivity index (χ1) is 11.2. The molecule has 0 N–H and O–H groups in total. The summed E-state index contributed by atoms with van der Waals surface area (Å²) in [7, 11) is 0. The SMILES string of the molecule is CCCOc1ccc(OC(=O)c2cn3c(C)cccc3n2)cc1. The van der Waals surface area contributed by atoms with Crippen LogP contribution in [0.3, 0.4) is 0 Å². The number of hydrogen-bond acceptors (Lipinski definition) is 4. The highest BCUT2D eigenvalue weighted by Crippen LogP contribution is 2.19. The molecule has 1 aromatic carbocycles. The number of pyridine rings is 1. The maximum Gasteiger partial charge on any atom is 0.363 e. The lowest BCUT2D eigenvalue weighted by Crippen LogP contribution is -2.08. The van der Waals surface area contributed by atoms with Crippen LogP contribution in [0.25, 0.3) is 5.65 Å². The molecule has 0 aliphatic carbocycles. The van der Waals surface area contributed by atoms with Gasteiger partial charge < -0.3 is 13.9 Å². The van der Waals surface area contributed by atoms with E-state index in [0.29, 0.717) is 12.4 Å². The molecule has 0 aliphatic heterocycles. The average Bonchev–Trinajstić information content (AvgIpc) is 3.00. The summed E-state index contributed by atoms with van der Waals surface area (Å²) < 4.78 is 12.7. The van der Waals surface area contributed by atoms with Crippen molar-refractivity contribution in [1.82, 2.24) is 9.38 Å². The predicted octanol–water partition coefficient (Wildman–Crippen LogP) is 3.65. The third kappa shape index (κ3) is 3.34. The summed E-state index contributed by atoms with van der Waals surface area (Å²) >= 11 is 0. The third-order valence-electron chi connectivity index (χ3n) is 3.41. The molecule has 0 amide bonds. The molecule has 2 aromatic heterocycles. The van der Waals surface area contributed by atoms with Crippen LogP contribution in [-0.2, 0) is 0 Å². The number of rotatable bonds is 5. The zero-order valence-electron chi connectivity index (χ0n) is 13.2. The molecule has 0 saturated heterocycles. The van der Waals surface area contributed by atoms with Gasteiger partial charge in [-0.15, -0.1) is 0 Å². The van der Waals surface area contributed by atoms with E-state index in [1.807, 2.05) is 36.4 Å². The average molecular weight is 310 g/mol. The van der Waals surface area contributed by atoms with Crippen molar-refractivity contribution in [3.63, 3.8) is 0 Å². The monoisotopic (exact) mass is 310 g/mol. The van der Waals surface area contributed by atoms with Crippen LogP contribution in [-0.4, -0.2) is 22.0 Å². The number of imidazole rings is 1. The molecule has 23 heavy (non-hydrogen) atoms. The van der Waals surface area contributed by atoms with Gasteiger partial charge in [0.25, 0.3) is 0 Å². The van der Waals surface area contributed by atoms with Gasteiger partial charge in [0.2, 0.25) is 0 Å². The smallest absolute Gasteiger partial charge is 0.363 e. The zero-order valence-corrected chi connectivity index (χ0v) is 13.2. The molecule has 0 unspecified atom stereocenters. The molecule has 5 nitrogen and oxygen atoms in total. The first-order valence-corrected chi connectivity index (χ1v) is 7.57. The topological polar surface area (TPSA) is 52.8 Å². The number of esters is 1. The first kappa shape index (κ1) is 15.1. The van der Waals surface area contributed by atoms with E-state index in [9.17, 15) is 4.79 Å². The zero-order chi connectivity index (χ0) is 16.2. The Morgan fingerprint density at radius 1 is 1.13 bits per heavy atom. The van der Waals surface area contributed by atoms with Crippen LogP contribution in [0.1, 0.15) is 29.5 Å². The van der Waals surface area contributed by atoms with Gasteiger partial charge in [-0.3, -0.25) is 0 Å². The number of aryl methyl sites for hydroxylation is 1. The van der Waals surface area contributed by atoms with Gasteiger partial charge in [0.15, 0.2) is 5.69 Å². The number of carbonyl (C=O) groups is 1. The highest BCUT2D eigenvalue weighted by Gasteiger charge is 2.14. The number of fused-ring (bicyclic) bond motifs is 1. The highest BCUT2D eigenvalue weighted by molar-refractivity contribution is 5.89. The van der Waals surface area contributed by atoms with Crippen molar-refractivity contribution in [2.45, 2.75) is 20.3 Å². The predicted molar refractivity (Wildman–Crippen MR) is 87.1 cm³/mol. The summed E-state index contributed by atoms with van der Waals surface area (Å²) in [6.07, 6.45) is 2.63. The Balaban J connectivity index is 1.73. The molecule has 0 fully saturated rings. The van der Waals surface area contributed by atoms with Gasteiger partial charge in [-0.25, -0.2) is 9.78 Å². The van der Waals surface area contributed by atoms with Crippen molar-refractivity contribution in [3.8, 4) is 11.5 Å². The van der Waals surface area contributed by atoms with E-state index in [1.54, 1.807) is 30.5 Å². The molecule has 0 aliphatic rings. The molecule has 118 valence electrons. The fourth-order valence-corrected chi connectivity index (χ4v) is 2.23. The van der Waals surface area contributed by atoms with Crippen LogP contribution >= 0.6 is 0 Å². The van der Waals surface area contributed by atoms with Crippen molar-refractivity contribution in [1.29, 1.82) is 0 Å². The summed E-state index contributed by atoms with van der Waals surface area (Å²) in [5.74, 6) is 0.748. The molecule has 3 rings (SSSR count). The molecular formula is C18H18N2O3. The number of benzene rings is 1. The molecule has 3 aromatic rings. The molecule has 0 spiro atoms. The van der Waals surface area contributed by atoms with Crippen molar-refractivity contribution in [2.24, 2.45) is 0 Å². The maximum absolute atomic E-state index is 12.2. The molecule has 2 heterocycles. The normalized spacial score (nSPS) is 10.7. The van der Waals surface area contributed by atoms with Gasteiger partial charge >= 0.3 is 5.97 Å². The summed E-state index contributed by atoms with van der Waals surface area (Å²) in [5, 5.41) is 0. The number of nitrogens with zero attached hydrogens (tertiary/aromatic N) is 2. The van der Waals surface area contributed by atoms with Gasteiger partial charge in [0.1, 0.15) is 17.1 Å². The molecule has 0 atom stereocenters. The molecule has 5 heteroatoms. The van der Waals surface area contributed by atoms with Crippen LogP contribution in [0.5, 0.6) is 11.5 Å². The van der Waals surface area contributed by atoms with Gasteiger partial charge in [-0.1, -0.05) is 13.0 Å². The first-order valence-electron chi connectivity index (χ1n) is 7.57. The van der Waals surface area contributed by atoms with Crippen LogP contribution in [0.2, 0.25) is 0 Å². The third-order valence-corrected chi connectivity index (χ3v) is 3.41. The van der Waals surface area contributed by atoms with Gasteiger partial charge in [0.05, 0.1) is 6.61 Å². The molecular weight excluding hydrogens is 292 g/mol. The van der Waals surface area contributed by atoms with Crippen LogP contribution in [0.15, 0.2) is 48.7 Å². The molecule has 0 bridgehead atoms. The Labute approximate surface area is 134 Å². The van der Waals surface area contributed by atoms with Gasteiger partial charge in [-0.05, 0) is 49.7 Å². The van der Waals surface area contributed by atoms with E-state index in [0.717, 1.165) is 23.5 Å². The Bertz CT molecular complexity index is 822. The van der Waals surface area contributed by atoms with Gasteiger partial charge in [0, 0.05) is 11.9 Å². The summed E-state index contributed by atoms with van der Waals surface area (Å²) in [5.41, 5.74) is 2.01. The van der Waals surface area contributed by atoms with E-state index >= 15 is 0 Å². The van der Waals surface area contributed by atoms with Crippen LogP contribution < -0.4 is 9.47 Å². The summed E-state index contributed by atoms with van der Waals surface area (Å²) in [4.78, 5) is 16.5. The minimum absolute atomic E-state index is 0.283.